The van der Waals surface area contributed by atoms with Gasteiger partial charge in [-0.3, -0.25) is 0 Å². The predicted octanol–water partition coefficient (Wildman–Crippen LogP) is 3.91. The van der Waals surface area contributed by atoms with Gasteiger partial charge in [0.05, 0.1) is 32.0 Å². The Labute approximate surface area is 231 Å². The Balaban J connectivity index is 0.000000256. The number of aliphatic hydroxyl groups excluding tert-OH is 1. The van der Waals surface area contributed by atoms with Crippen LogP contribution in [0.3, 0.4) is 0 Å². The summed E-state index contributed by atoms with van der Waals surface area (Å²) in [5.74, 6) is 1.29. The van der Waals surface area contributed by atoms with Crippen molar-refractivity contribution in [2.45, 2.75) is 26.1 Å². The Bertz CT molecular complexity index is 1090. The number of esters is 2. The minimum absolute atomic E-state index is 0.0990. The highest BCUT2D eigenvalue weighted by Gasteiger charge is 2.24. The van der Waals surface area contributed by atoms with Crippen LogP contribution in [-0.2, 0) is 14.2 Å². The van der Waals surface area contributed by atoms with Gasteiger partial charge in [0.15, 0.2) is 35.2 Å². The molecule has 0 fully saturated rings. The van der Waals surface area contributed by atoms with E-state index in [0.717, 1.165) is 0 Å². The first-order chi connectivity index (χ1) is 18.4. The summed E-state index contributed by atoms with van der Waals surface area (Å²) in [6, 6.07) is 9.70. The van der Waals surface area contributed by atoms with Crippen LogP contribution in [-0.4, -0.2) is 80.5 Å². The first-order valence-electron chi connectivity index (χ1n) is 11.7. The van der Waals surface area contributed by atoms with E-state index in [1.165, 1.54) is 26.0 Å². The SMILES string of the molecule is CC.COC(=O)c1ccc2c(c1)OCC(CO)O2.COC(=O)c1ccc2c(c1)OCC(COC(=S)SC)O2. The number of carbonyl (C=O) groups excluding carboxylic acids is 2. The van der Waals surface area contributed by atoms with Gasteiger partial charge in [-0.15, -0.1) is 0 Å². The van der Waals surface area contributed by atoms with Gasteiger partial charge in [-0.25, -0.2) is 9.59 Å². The van der Waals surface area contributed by atoms with Crippen LogP contribution in [0.15, 0.2) is 36.4 Å². The van der Waals surface area contributed by atoms with Crippen LogP contribution in [0.25, 0.3) is 0 Å². The molecule has 2 atom stereocenters. The molecule has 0 spiro atoms. The quantitative estimate of drug-likeness (QED) is 0.416. The molecule has 0 radical (unpaired) electrons. The summed E-state index contributed by atoms with van der Waals surface area (Å²) in [4.78, 5) is 22.7. The summed E-state index contributed by atoms with van der Waals surface area (Å²) in [6.45, 7) is 4.85. The van der Waals surface area contributed by atoms with Gasteiger partial charge in [-0.05, 0) is 54.9 Å². The number of thioether (sulfide) groups is 1. The number of ether oxygens (including phenoxy) is 7. The van der Waals surface area contributed by atoms with Gasteiger partial charge >= 0.3 is 11.9 Å². The van der Waals surface area contributed by atoms with E-state index in [1.54, 1.807) is 36.4 Å². The van der Waals surface area contributed by atoms with Crippen LogP contribution in [0.1, 0.15) is 34.6 Å². The minimum atomic E-state index is -0.421. The number of thiocarbonyl (C=S) groups is 1. The zero-order valence-corrected chi connectivity index (χ0v) is 23.5. The molecule has 2 aliphatic rings. The average Bonchev–Trinajstić information content (AvgIpc) is 2.99. The van der Waals surface area contributed by atoms with Gasteiger partial charge in [0.25, 0.3) is 0 Å². The Morgan fingerprint density at radius 1 is 0.895 bits per heavy atom. The zero-order valence-electron chi connectivity index (χ0n) is 21.9. The number of hydrogen-bond acceptors (Lipinski definition) is 12. The van der Waals surface area contributed by atoms with Gasteiger partial charge in [-0.2, -0.15) is 0 Å². The van der Waals surface area contributed by atoms with Gasteiger partial charge in [0.1, 0.15) is 19.8 Å². The van der Waals surface area contributed by atoms with Crippen molar-refractivity contribution in [1.29, 1.82) is 0 Å². The number of fused-ring (bicyclic) bond motifs is 2. The molecule has 0 aliphatic carbocycles. The largest absolute Gasteiger partial charge is 0.486 e. The van der Waals surface area contributed by atoms with Crippen LogP contribution in [0.2, 0.25) is 0 Å². The monoisotopic (exact) mass is 568 g/mol. The average molecular weight is 569 g/mol. The maximum atomic E-state index is 11.4. The van der Waals surface area contributed by atoms with Crippen molar-refractivity contribution < 1.29 is 47.9 Å². The highest BCUT2D eigenvalue weighted by atomic mass is 32.2. The molecule has 4 rings (SSSR count). The van der Waals surface area contributed by atoms with E-state index in [1.807, 2.05) is 20.1 Å². The molecule has 2 aromatic rings. The van der Waals surface area contributed by atoms with Crippen molar-refractivity contribution >= 4 is 40.3 Å². The topological polar surface area (TPSA) is 119 Å². The molecule has 2 heterocycles. The van der Waals surface area contributed by atoms with E-state index < -0.39 is 11.9 Å². The molecule has 2 aliphatic heterocycles. The molecular formula is C26H32O10S2. The standard InChI is InChI=1S/C13H14O5S2.C11H12O5.C2H6/c1-15-12(14)8-3-4-10-11(5-8)16-6-9(18-10)7-17-13(19)20-2;1-14-11(13)7-2-3-9-10(4-7)15-6-8(5-12)16-9;1-2/h3-5,9H,6-7H2,1-2H3;2-4,8,12H,5-6H2,1H3;1-2H3. The molecule has 0 saturated carbocycles. The summed E-state index contributed by atoms with van der Waals surface area (Å²) in [6.07, 6.45) is 1.28. The summed E-state index contributed by atoms with van der Waals surface area (Å²) in [5, 5.41) is 8.92. The third-order valence-corrected chi connectivity index (χ3v) is 5.99. The third-order valence-electron chi connectivity index (χ3n) is 4.92. The Morgan fingerprint density at radius 3 is 1.82 bits per heavy atom. The van der Waals surface area contributed by atoms with Crippen molar-refractivity contribution in [2.75, 3.05) is 46.9 Å². The molecular weight excluding hydrogens is 536 g/mol. The number of aliphatic hydroxyl groups is 1. The number of rotatable bonds is 5. The van der Waals surface area contributed by atoms with Crippen molar-refractivity contribution in [3.63, 3.8) is 0 Å². The molecule has 1 N–H and O–H groups in total. The number of methoxy groups -OCH3 is 2. The molecule has 0 aromatic heterocycles. The molecule has 2 unspecified atom stereocenters. The van der Waals surface area contributed by atoms with Crippen LogP contribution < -0.4 is 18.9 Å². The van der Waals surface area contributed by atoms with Gasteiger partial charge < -0.3 is 38.3 Å². The summed E-state index contributed by atoms with van der Waals surface area (Å²) < 4.78 is 37.2. The highest BCUT2D eigenvalue weighted by Crippen LogP contribution is 2.33. The maximum Gasteiger partial charge on any atom is 0.337 e. The predicted molar refractivity (Wildman–Crippen MR) is 146 cm³/mol. The number of carbonyl (C=O) groups is 2. The van der Waals surface area contributed by atoms with Crippen molar-refractivity contribution in [3.8, 4) is 23.0 Å². The Morgan fingerprint density at radius 2 is 1.37 bits per heavy atom. The lowest BCUT2D eigenvalue weighted by molar-refractivity contribution is 0.0451. The second-order valence-electron chi connectivity index (χ2n) is 7.36. The van der Waals surface area contributed by atoms with Crippen LogP contribution in [0.4, 0.5) is 0 Å². The molecule has 10 nitrogen and oxygen atoms in total. The van der Waals surface area contributed by atoms with Crippen molar-refractivity contribution in [2.24, 2.45) is 0 Å². The van der Waals surface area contributed by atoms with Crippen LogP contribution in [0.5, 0.6) is 23.0 Å². The minimum Gasteiger partial charge on any atom is -0.486 e. The van der Waals surface area contributed by atoms with E-state index in [4.69, 9.17) is 41.0 Å². The van der Waals surface area contributed by atoms with Gasteiger partial charge in [-0.1, -0.05) is 25.6 Å². The maximum absolute atomic E-state index is 11.4. The van der Waals surface area contributed by atoms with E-state index >= 15 is 0 Å². The lowest BCUT2D eigenvalue weighted by Gasteiger charge is -2.26. The third kappa shape index (κ3) is 8.67. The molecule has 38 heavy (non-hydrogen) atoms. The number of benzene rings is 2. The Hall–Kier alpha value is -3.22. The molecule has 208 valence electrons. The highest BCUT2D eigenvalue weighted by molar-refractivity contribution is 8.22. The van der Waals surface area contributed by atoms with E-state index in [2.05, 4.69) is 9.47 Å². The molecule has 0 saturated heterocycles. The smallest absolute Gasteiger partial charge is 0.337 e. The second-order valence-corrected chi connectivity index (χ2v) is 8.76. The van der Waals surface area contributed by atoms with Crippen molar-refractivity contribution in [1.82, 2.24) is 0 Å². The fourth-order valence-electron chi connectivity index (χ4n) is 3.11. The van der Waals surface area contributed by atoms with E-state index in [0.29, 0.717) is 51.7 Å². The normalized spacial score (nSPS) is 16.4. The van der Waals surface area contributed by atoms with Gasteiger partial charge in [0.2, 0.25) is 4.38 Å². The summed E-state index contributed by atoms with van der Waals surface area (Å²) in [5.41, 5.74) is 0.834. The first kappa shape index (κ1) is 31.0. The molecule has 0 amide bonds. The fraction of sp³-hybridized carbons (Fsp3) is 0.423. The zero-order chi connectivity index (χ0) is 28.1. The summed E-state index contributed by atoms with van der Waals surface area (Å²) >= 11 is 6.32. The summed E-state index contributed by atoms with van der Waals surface area (Å²) in [7, 11) is 2.65. The number of hydrogen-bond donors (Lipinski definition) is 1. The second kappa shape index (κ2) is 15.9. The van der Waals surface area contributed by atoms with E-state index in [9.17, 15) is 9.59 Å². The molecule has 2 aromatic carbocycles. The van der Waals surface area contributed by atoms with Crippen molar-refractivity contribution in [3.05, 3.63) is 47.5 Å². The first-order valence-corrected chi connectivity index (χ1v) is 13.4. The fourth-order valence-corrected chi connectivity index (χ4v) is 3.36. The lowest BCUT2D eigenvalue weighted by atomic mass is 10.2. The molecule has 0 bridgehead atoms. The van der Waals surface area contributed by atoms with Gasteiger partial charge in [0, 0.05) is 0 Å². The van der Waals surface area contributed by atoms with E-state index in [-0.39, 0.29) is 25.4 Å². The van der Waals surface area contributed by atoms with Crippen LogP contribution in [0, 0.1) is 0 Å². The Kier molecular flexibility index (Phi) is 13.0. The molecule has 12 heteroatoms. The lowest BCUT2D eigenvalue weighted by Crippen LogP contribution is -2.33. The van der Waals surface area contributed by atoms with Crippen LogP contribution >= 0.6 is 24.0 Å².